The number of benzene rings is 9. The second-order valence-electron chi connectivity index (χ2n) is 13.9. The summed E-state index contributed by atoms with van der Waals surface area (Å²) in [6.45, 7) is 0. The zero-order chi connectivity index (χ0) is 35.6. The molecule has 0 aliphatic carbocycles. The van der Waals surface area contributed by atoms with E-state index in [0.29, 0.717) is 0 Å². The Morgan fingerprint density at radius 2 is 0.981 bits per heavy atom. The number of imidazole rings is 1. The first kappa shape index (κ1) is 30.4. The van der Waals surface area contributed by atoms with Crippen LogP contribution in [0.25, 0.3) is 105 Å². The summed E-state index contributed by atoms with van der Waals surface area (Å²) in [4.78, 5) is 5.12. The van der Waals surface area contributed by atoms with Crippen molar-refractivity contribution in [1.29, 1.82) is 0 Å². The monoisotopic (exact) mass is 688 g/mol. The number of aromatic nitrogens is 2. The zero-order valence-electron chi connectivity index (χ0n) is 29.3. The molecule has 0 aliphatic heterocycles. The van der Waals surface area contributed by atoms with Crippen LogP contribution in [0, 0.1) is 0 Å². The number of hydrogen-bond donors (Lipinski definition) is 0. The SMILES string of the molecule is c1ccc(-n2c(-c3ccc(-c4cc(-c5cccc6ccccc56)cc5c4oc4ccc(-c6cccc7ccccc67)cc45)cc3)nc3ccccc32)cc1. The van der Waals surface area contributed by atoms with E-state index in [9.17, 15) is 0 Å². The number of fused-ring (bicyclic) bond motifs is 6. The highest BCUT2D eigenvalue weighted by Crippen LogP contribution is 2.43. The van der Waals surface area contributed by atoms with Crippen molar-refractivity contribution in [3.05, 3.63) is 194 Å². The lowest BCUT2D eigenvalue weighted by Crippen LogP contribution is -1.97. The van der Waals surface area contributed by atoms with Gasteiger partial charge in [0.25, 0.3) is 0 Å². The molecule has 252 valence electrons. The maximum atomic E-state index is 6.81. The summed E-state index contributed by atoms with van der Waals surface area (Å²) in [5.74, 6) is 0.910. The predicted molar refractivity (Wildman–Crippen MR) is 225 cm³/mol. The molecule has 9 aromatic carbocycles. The van der Waals surface area contributed by atoms with Gasteiger partial charge in [-0.3, -0.25) is 4.57 Å². The Hall–Kier alpha value is -7.23. The van der Waals surface area contributed by atoms with Crippen LogP contribution in [0.2, 0.25) is 0 Å². The Bertz CT molecular complexity index is 3190. The molecule has 0 spiro atoms. The number of rotatable bonds is 5. The summed E-state index contributed by atoms with van der Waals surface area (Å²) in [7, 11) is 0. The van der Waals surface area contributed by atoms with Gasteiger partial charge < -0.3 is 4.42 Å². The Kier molecular flexibility index (Phi) is 6.86. The van der Waals surface area contributed by atoms with E-state index in [2.05, 4.69) is 187 Å². The highest BCUT2D eigenvalue weighted by molar-refractivity contribution is 6.14. The van der Waals surface area contributed by atoms with Crippen molar-refractivity contribution in [2.45, 2.75) is 0 Å². The van der Waals surface area contributed by atoms with Gasteiger partial charge in [0.1, 0.15) is 17.0 Å². The summed E-state index contributed by atoms with van der Waals surface area (Å²) >= 11 is 0. The molecular formula is C51H32N2O. The molecule has 3 nitrogen and oxygen atoms in total. The van der Waals surface area contributed by atoms with Crippen LogP contribution in [-0.2, 0) is 0 Å². The average Bonchev–Trinajstić information content (AvgIpc) is 3.82. The summed E-state index contributed by atoms with van der Waals surface area (Å²) in [6.07, 6.45) is 0. The number of furan rings is 1. The normalized spacial score (nSPS) is 11.7. The second-order valence-corrected chi connectivity index (χ2v) is 13.9. The first-order chi connectivity index (χ1) is 26.8. The van der Waals surface area contributed by atoms with Gasteiger partial charge in [-0.05, 0) is 97.9 Å². The molecule has 0 amide bonds. The summed E-state index contributed by atoms with van der Waals surface area (Å²) in [6, 6.07) is 69.1. The molecule has 11 aromatic rings. The van der Waals surface area contributed by atoms with E-state index in [1.807, 2.05) is 12.1 Å². The van der Waals surface area contributed by atoms with E-state index in [1.165, 1.54) is 38.2 Å². The van der Waals surface area contributed by atoms with Crippen LogP contribution >= 0.6 is 0 Å². The van der Waals surface area contributed by atoms with Crippen LogP contribution in [0.15, 0.2) is 199 Å². The van der Waals surface area contributed by atoms with Gasteiger partial charge in [0.15, 0.2) is 0 Å². The highest BCUT2D eigenvalue weighted by atomic mass is 16.3. The summed E-state index contributed by atoms with van der Waals surface area (Å²) in [5, 5.41) is 7.12. The first-order valence-corrected chi connectivity index (χ1v) is 18.4. The first-order valence-electron chi connectivity index (χ1n) is 18.4. The molecule has 0 saturated carbocycles. The molecule has 54 heavy (non-hydrogen) atoms. The van der Waals surface area contributed by atoms with Crippen molar-refractivity contribution in [2.24, 2.45) is 0 Å². The maximum Gasteiger partial charge on any atom is 0.145 e. The minimum atomic E-state index is 0.874. The summed E-state index contributed by atoms with van der Waals surface area (Å²) in [5.41, 5.74) is 12.8. The van der Waals surface area contributed by atoms with Gasteiger partial charge in [0.05, 0.1) is 11.0 Å². The van der Waals surface area contributed by atoms with E-state index < -0.39 is 0 Å². The van der Waals surface area contributed by atoms with Gasteiger partial charge in [0.2, 0.25) is 0 Å². The molecular weight excluding hydrogens is 657 g/mol. The lowest BCUT2D eigenvalue weighted by Gasteiger charge is -2.12. The number of para-hydroxylation sites is 3. The van der Waals surface area contributed by atoms with E-state index in [-0.39, 0.29) is 0 Å². The van der Waals surface area contributed by atoms with Crippen LogP contribution in [0.5, 0.6) is 0 Å². The van der Waals surface area contributed by atoms with Crippen LogP contribution in [0.3, 0.4) is 0 Å². The van der Waals surface area contributed by atoms with Crippen molar-refractivity contribution >= 4 is 54.5 Å². The largest absolute Gasteiger partial charge is 0.455 e. The molecule has 11 rings (SSSR count). The Labute approximate surface area is 312 Å². The van der Waals surface area contributed by atoms with Crippen molar-refractivity contribution in [3.8, 4) is 50.5 Å². The Balaban J connectivity index is 1.12. The highest BCUT2D eigenvalue weighted by Gasteiger charge is 2.19. The van der Waals surface area contributed by atoms with Crippen molar-refractivity contribution in [3.63, 3.8) is 0 Å². The maximum absolute atomic E-state index is 6.81. The van der Waals surface area contributed by atoms with Gasteiger partial charge in [0, 0.05) is 27.6 Å². The molecule has 0 N–H and O–H groups in total. The van der Waals surface area contributed by atoms with E-state index >= 15 is 0 Å². The topological polar surface area (TPSA) is 31.0 Å². The zero-order valence-corrected chi connectivity index (χ0v) is 29.3. The van der Waals surface area contributed by atoms with Gasteiger partial charge in [-0.2, -0.15) is 0 Å². The Morgan fingerprint density at radius 3 is 1.74 bits per heavy atom. The fraction of sp³-hybridized carbons (Fsp3) is 0. The second kappa shape index (κ2) is 12.2. The third kappa shape index (κ3) is 4.87. The lowest BCUT2D eigenvalue weighted by molar-refractivity contribution is 0.670. The van der Waals surface area contributed by atoms with Crippen molar-refractivity contribution in [1.82, 2.24) is 9.55 Å². The van der Waals surface area contributed by atoms with Crippen molar-refractivity contribution < 1.29 is 4.42 Å². The molecule has 2 aromatic heterocycles. The molecule has 0 fully saturated rings. The van der Waals surface area contributed by atoms with Gasteiger partial charge >= 0.3 is 0 Å². The van der Waals surface area contributed by atoms with Crippen LogP contribution in [-0.4, -0.2) is 9.55 Å². The smallest absolute Gasteiger partial charge is 0.145 e. The molecule has 0 aliphatic rings. The van der Waals surface area contributed by atoms with Crippen LogP contribution in [0.1, 0.15) is 0 Å². The lowest BCUT2D eigenvalue weighted by atomic mass is 9.92. The quantitative estimate of drug-likeness (QED) is 0.180. The Morgan fingerprint density at radius 1 is 0.389 bits per heavy atom. The fourth-order valence-corrected chi connectivity index (χ4v) is 8.23. The number of nitrogens with zero attached hydrogens (tertiary/aromatic N) is 2. The van der Waals surface area contributed by atoms with Crippen LogP contribution < -0.4 is 0 Å². The molecule has 2 heterocycles. The van der Waals surface area contributed by atoms with E-state index in [0.717, 1.165) is 66.7 Å². The molecule has 3 heteroatoms. The van der Waals surface area contributed by atoms with Gasteiger partial charge in [-0.1, -0.05) is 146 Å². The van der Waals surface area contributed by atoms with E-state index in [4.69, 9.17) is 9.40 Å². The standard InChI is InChI=1S/C51H32N2O/c1-2-16-39(17-3-1)53-48-23-9-8-22-47(48)52-51(53)36-26-24-35(25-27-36)44-31-38(43-21-11-15-34-13-5-7-19-41(34)43)32-46-45-30-37(28-29-49(45)54-50(44)46)42-20-10-14-33-12-4-6-18-40(33)42/h1-32H. The third-order valence-corrected chi connectivity index (χ3v) is 10.8. The molecule has 0 bridgehead atoms. The summed E-state index contributed by atoms with van der Waals surface area (Å²) < 4.78 is 9.06. The number of hydrogen-bond acceptors (Lipinski definition) is 2. The van der Waals surface area contributed by atoms with Gasteiger partial charge in [-0.25, -0.2) is 4.98 Å². The minimum absolute atomic E-state index is 0.874. The molecule has 0 atom stereocenters. The van der Waals surface area contributed by atoms with Crippen LogP contribution in [0.4, 0.5) is 0 Å². The third-order valence-electron chi connectivity index (χ3n) is 10.8. The average molecular weight is 689 g/mol. The van der Waals surface area contributed by atoms with E-state index in [1.54, 1.807) is 0 Å². The molecule has 0 radical (unpaired) electrons. The predicted octanol–water partition coefficient (Wildman–Crippen LogP) is 13.9. The minimum Gasteiger partial charge on any atom is -0.455 e. The molecule has 0 saturated heterocycles. The van der Waals surface area contributed by atoms with Crippen molar-refractivity contribution in [2.75, 3.05) is 0 Å². The molecule has 0 unspecified atom stereocenters. The van der Waals surface area contributed by atoms with Gasteiger partial charge in [-0.15, -0.1) is 0 Å². The fourth-order valence-electron chi connectivity index (χ4n) is 8.23.